The number of amides is 2. The van der Waals surface area contributed by atoms with E-state index in [9.17, 15) is 9.59 Å². The zero-order chi connectivity index (χ0) is 23.9. The zero-order valence-electron chi connectivity index (χ0n) is 19.8. The Morgan fingerprint density at radius 2 is 2.12 bits per heavy atom. The third-order valence-corrected chi connectivity index (χ3v) is 6.99. The highest BCUT2D eigenvalue weighted by Gasteiger charge is 2.53. The lowest BCUT2D eigenvalue weighted by Gasteiger charge is -2.23. The van der Waals surface area contributed by atoms with Crippen LogP contribution in [0.4, 0.5) is 11.5 Å². The molecule has 178 valence electrons. The molecule has 0 spiro atoms. The molecule has 0 unspecified atom stereocenters. The predicted octanol–water partition coefficient (Wildman–Crippen LogP) is 2.68. The molecule has 8 heteroatoms. The van der Waals surface area contributed by atoms with Crippen LogP contribution in [0.25, 0.3) is 5.57 Å². The van der Waals surface area contributed by atoms with Gasteiger partial charge in [-0.3, -0.25) is 9.59 Å². The van der Waals surface area contributed by atoms with Crippen molar-refractivity contribution in [1.29, 1.82) is 0 Å². The first-order valence-electron chi connectivity index (χ1n) is 12.0. The number of nitrogens with two attached hydrogens (primary N) is 1. The van der Waals surface area contributed by atoms with E-state index in [1.54, 1.807) is 23.2 Å². The summed E-state index contributed by atoms with van der Waals surface area (Å²) in [5.41, 5.74) is 13.0. The Labute approximate surface area is 200 Å². The summed E-state index contributed by atoms with van der Waals surface area (Å²) in [4.78, 5) is 31.7. The normalized spacial score (nSPS) is 22.5. The van der Waals surface area contributed by atoms with Gasteiger partial charge in [0.05, 0.1) is 6.42 Å². The van der Waals surface area contributed by atoms with Gasteiger partial charge in [-0.05, 0) is 61.8 Å². The number of anilines is 2. The summed E-state index contributed by atoms with van der Waals surface area (Å²) in [6.45, 7) is 5.63. The quantitative estimate of drug-likeness (QED) is 0.587. The second-order valence-electron chi connectivity index (χ2n) is 9.84. The SMILES string of the molecule is CC(C)N1C=C(c2cccc(CC(=O)Nc3cc(N4CC[C@@](N)(C5CC5)C4=O)ccn3)c2)CN1. The van der Waals surface area contributed by atoms with Crippen molar-refractivity contribution in [3.8, 4) is 0 Å². The molecule has 1 saturated heterocycles. The first kappa shape index (κ1) is 22.6. The number of hydrogen-bond donors (Lipinski definition) is 3. The van der Waals surface area contributed by atoms with Gasteiger partial charge in [-0.1, -0.05) is 24.3 Å². The molecule has 3 aliphatic rings. The van der Waals surface area contributed by atoms with Crippen molar-refractivity contribution in [2.75, 3.05) is 23.3 Å². The summed E-state index contributed by atoms with van der Waals surface area (Å²) < 4.78 is 0. The number of hydrogen-bond acceptors (Lipinski definition) is 6. The van der Waals surface area contributed by atoms with Crippen molar-refractivity contribution < 1.29 is 9.59 Å². The number of hydrazine groups is 1. The third-order valence-electron chi connectivity index (χ3n) is 6.99. The lowest BCUT2D eigenvalue weighted by molar-refractivity contribution is -0.122. The van der Waals surface area contributed by atoms with Crippen LogP contribution >= 0.6 is 0 Å². The van der Waals surface area contributed by atoms with E-state index in [-0.39, 0.29) is 18.2 Å². The van der Waals surface area contributed by atoms with E-state index in [0.717, 1.165) is 36.2 Å². The van der Waals surface area contributed by atoms with Crippen LogP contribution in [-0.4, -0.2) is 46.5 Å². The maximum atomic E-state index is 13.0. The Bertz CT molecular complexity index is 1140. The van der Waals surface area contributed by atoms with Crippen LogP contribution in [0, 0.1) is 5.92 Å². The molecule has 2 fully saturated rings. The Morgan fingerprint density at radius 3 is 2.85 bits per heavy atom. The molecule has 0 radical (unpaired) electrons. The molecule has 8 nitrogen and oxygen atoms in total. The Kier molecular flexibility index (Phi) is 5.87. The van der Waals surface area contributed by atoms with Gasteiger partial charge in [-0.15, -0.1) is 0 Å². The van der Waals surface area contributed by atoms with Crippen LogP contribution in [0.5, 0.6) is 0 Å². The molecular weight excluding hydrogens is 428 g/mol. The summed E-state index contributed by atoms with van der Waals surface area (Å²) in [5, 5.41) is 4.98. The van der Waals surface area contributed by atoms with E-state index in [0.29, 0.717) is 30.7 Å². The monoisotopic (exact) mass is 460 g/mol. The average molecular weight is 461 g/mol. The first-order chi connectivity index (χ1) is 16.3. The topological polar surface area (TPSA) is 104 Å². The van der Waals surface area contributed by atoms with Crippen molar-refractivity contribution in [3.05, 3.63) is 59.9 Å². The van der Waals surface area contributed by atoms with Gasteiger partial charge in [0.15, 0.2) is 0 Å². The minimum absolute atomic E-state index is 0.0259. The van der Waals surface area contributed by atoms with Gasteiger partial charge >= 0.3 is 0 Å². The van der Waals surface area contributed by atoms with E-state index < -0.39 is 5.54 Å². The van der Waals surface area contributed by atoms with Crippen molar-refractivity contribution in [2.45, 2.75) is 51.1 Å². The molecule has 5 rings (SSSR count). The smallest absolute Gasteiger partial charge is 0.247 e. The molecule has 1 aromatic carbocycles. The number of nitrogens with zero attached hydrogens (tertiary/aromatic N) is 3. The summed E-state index contributed by atoms with van der Waals surface area (Å²) in [6, 6.07) is 12.0. The van der Waals surface area contributed by atoms with Gasteiger partial charge < -0.3 is 21.0 Å². The molecule has 3 heterocycles. The lowest BCUT2D eigenvalue weighted by atomic mass is 9.93. The van der Waals surface area contributed by atoms with Crippen LogP contribution in [0.2, 0.25) is 0 Å². The maximum Gasteiger partial charge on any atom is 0.247 e. The standard InChI is InChI=1S/C26H32N6O2/c1-17(2)32-16-20(15-29-32)19-5-3-4-18(12-19)13-24(33)30-23-14-22(8-10-28-23)31-11-9-26(27,25(31)34)21-6-7-21/h3-5,8,10,12,14,16-17,21,29H,6-7,9,11,13,15,27H2,1-2H3,(H,28,30,33)/t26-/m1/s1. The highest BCUT2D eigenvalue weighted by molar-refractivity contribution is 6.03. The fraction of sp³-hybridized carbons (Fsp3) is 0.423. The lowest BCUT2D eigenvalue weighted by Crippen LogP contribution is -2.50. The highest BCUT2D eigenvalue weighted by Crippen LogP contribution is 2.44. The molecule has 2 amide bonds. The van der Waals surface area contributed by atoms with E-state index in [1.165, 1.54) is 5.57 Å². The minimum atomic E-state index is -0.742. The van der Waals surface area contributed by atoms with Crippen molar-refractivity contribution in [3.63, 3.8) is 0 Å². The molecule has 0 bridgehead atoms. The van der Waals surface area contributed by atoms with Crippen LogP contribution in [0.1, 0.15) is 44.2 Å². The molecule has 1 aromatic heterocycles. The molecular formula is C26H32N6O2. The van der Waals surface area contributed by atoms with E-state index in [1.807, 2.05) is 12.1 Å². The number of benzene rings is 1. The third kappa shape index (κ3) is 4.43. The van der Waals surface area contributed by atoms with Crippen LogP contribution in [-0.2, 0) is 16.0 Å². The maximum absolute atomic E-state index is 13.0. The number of carbonyl (C=O) groups excluding carboxylic acids is 2. The van der Waals surface area contributed by atoms with Gasteiger partial charge in [0.1, 0.15) is 11.4 Å². The summed E-state index contributed by atoms with van der Waals surface area (Å²) >= 11 is 0. The van der Waals surface area contributed by atoms with Gasteiger partial charge in [0.25, 0.3) is 0 Å². The number of nitrogens with one attached hydrogen (secondary N) is 2. The largest absolute Gasteiger partial charge is 0.317 e. The average Bonchev–Trinajstić information content (AvgIpc) is 3.47. The Morgan fingerprint density at radius 1 is 1.29 bits per heavy atom. The summed E-state index contributed by atoms with van der Waals surface area (Å²) in [7, 11) is 0. The minimum Gasteiger partial charge on any atom is -0.317 e. The number of aromatic nitrogens is 1. The number of pyridine rings is 1. The second-order valence-corrected chi connectivity index (χ2v) is 9.84. The molecule has 1 atom stereocenters. The summed E-state index contributed by atoms with van der Waals surface area (Å²) in [5.74, 6) is 0.554. The van der Waals surface area contributed by atoms with Crippen molar-refractivity contribution in [2.24, 2.45) is 11.7 Å². The highest BCUT2D eigenvalue weighted by atomic mass is 16.2. The van der Waals surface area contributed by atoms with Crippen molar-refractivity contribution in [1.82, 2.24) is 15.4 Å². The van der Waals surface area contributed by atoms with E-state index in [4.69, 9.17) is 5.73 Å². The van der Waals surface area contributed by atoms with Crippen molar-refractivity contribution >= 4 is 28.9 Å². The molecule has 1 aliphatic carbocycles. The first-order valence-corrected chi connectivity index (χ1v) is 12.0. The summed E-state index contributed by atoms with van der Waals surface area (Å²) in [6.07, 6.45) is 6.70. The van der Waals surface area contributed by atoms with Gasteiger partial charge in [0.2, 0.25) is 11.8 Å². The Balaban J connectivity index is 1.24. The second kappa shape index (κ2) is 8.85. The van der Waals surface area contributed by atoms with E-state index >= 15 is 0 Å². The van der Waals surface area contributed by atoms with Gasteiger partial charge in [-0.2, -0.15) is 0 Å². The predicted molar refractivity (Wildman–Crippen MR) is 133 cm³/mol. The Hall–Kier alpha value is -3.23. The molecule has 4 N–H and O–H groups in total. The van der Waals surface area contributed by atoms with E-state index in [2.05, 4.69) is 52.9 Å². The number of carbonyl (C=O) groups is 2. The van der Waals surface area contributed by atoms with Crippen LogP contribution in [0.3, 0.4) is 0 Å². The number of rotatable bonds is 7. The van der Waals surface area contributed by atoms with Gasteiger partial charge in [-0.25, -0.2) is 10.4 Å². The fourth-order valence-corrected chi connectivity index (χ4v) is 4.83. The van der Waals surface area contributed by atoms with Crippen LogP contribution < -0.4 is 21.4 Å². The molecule has 2 aromatic rings. The molecule has 34 heavy (non-hydrogen) atoms. The zero-order valence-corrected chi connectivity index (χ0v) is 19.8. The molecule has 1 saturated carbocycles. The van der Waals surface area contributed by atoms with Crippen LogP contribution in [0.15, 0.2) is 48.8 Å². The molecule has 2 aliphatic heterocycles. The van der Waals surface area contributed by atoms with Gasteiger partial charge in [0, 0.05) is 43.3 Å². The fourth-order valence-electron chi connectivity index (χ4n) is 4.83.